The predicted molar refractivity (Wildman–Crippen MR) is 125 cm³/mol. The quantitative estimate of drug-likeness (QED) is 0.343. The van der Waals surface area contributed by atoms with Gasteiger partial charge in [0.15, 0.2) is 0 Å². The van der Waals surface area contributed by atoms with Gasteiger partial charge < -0.3 is 20.3 Å². The Labute approximate surface area is 235 Å². The van der Waals surface area contributed by atoms with E-state index in [-0.39, 0.29) is 78.8 Å². The van der Waals surface area contributed by atoms with Gasteiger partial charge in [-0.1, -0.05) is 23.4 Å². The molecule has 37 heavy (non-hydrogen) atoms. The molecule has 1 saturated carbocycles. The van der Waals surface area contributed by atoms with Crippen LogP contribution >= 0.6 is 0 Å². The maximum absolute atomic E-state index is 13.8. The number of anilines is 1. The molecule has 3 aliphatic rings. The van der Waals surface area contributed by atoms with Gasteiger partial charge in [-0.2, -0.15) is 0 Å². The number of nitrogens with zero attached hydrogens (tertiary/aromatic N) is 2. The summed E-state index contributed by atoms with van der Waals surface area (Å²) < 4.78 is 69.1. The normalized spacial score (nSPS) is 23.1. The summed E-state index contributed by atoms with van der Waals surface area (Å²) >= 11 is 0. The third-order valence-electron chi connectivity index (χ3n) is 7.39. The van der Waals surface area contributed by atoms with Crippen molar-refractivity contribution >= 4 is 5.69 Å². The van der Waals surface area contributed by atoms with E-state index in [0.29, 0.717) is 17.0 Å². The molecule has 10 heteroatoms. The van der Waals surface area contributed by atoms with E-state index >= 15 is 0 Å². The predicted octanol–water partition coefficient (Wildman–Crippen LogP) is 4.09. The van der Waals surface area contributed by atoms with Crippen LogP contribution in [-0.2, 0) is 11.3 Å². The fraction of sp³-hybridized carbons (Fsp3) is 0.444. The zero-order valence-electron chi connectivity index (χ0n) is 21.5. The van der Waals surface area contributed by atoms with Gasteiger partial charge in [0.2, 0.25) is 0 Å². The van der Waals surface area contributed by atoms with Crippen LogP contribution in [0.3, 0.4) is 0 Å². The monoisotopic (exact) mass is 526 g/mol. The van der Waals surface area contributed by atoms with Crippen molar-refractivity contribution in [1.82, 2.24) is 5.16 Å². The first-order valence-electron chi connectivity index (χ1n) is 12.3. The van der Waals surface area contributed by atoms with Crippen molar-refractivity contribution in [2.45, 2.75) is 75.6 Å². The Balaban J connectivity index is 0.00000168. The molecule has 3 fully saturated rings. The van der Waals surface area contributed by atoms with Crippen molar-refractivity contribution in [3.63, 3.8) is 0 Å². The van der Waals surface area contributed by atoms with Gasteiger partial charge in [0.05, 0.1) is 12.7 Å². The van der Waals surface area contributed by atoms with E-state index in [1.165, 1.54) is 18.2 Å². The van der Waals surface area contributed by atoms with Crippen LogP contribution in [-0.4, -0.2) is 29.7 Å². The number of alkyl halides is 3. The first-order valence-corrected chi connectivity index (χ1v) is 12.3. The van der Waals surface area contributed by atoms with Crippen molar-refractivity contribution < 1.29 is 62.5 Å². The molecule has 0 spiro atoms. The molecule has 2 saturated heterocycles. The zero-order valence-corrected chi connectivity index (χ0v) is 22.5. The summed E-state index contributed by atoms with van der Waals surface area (Å²) in [4.78, 5) is 2.31. The molecule has 0 radical (unpaired) electrons. The van der Waals surface area contributed by atoms with Crippen LogP contribution in [0.4, 0.5) is 23.2 Å². The summed E-state index contributed by atoms with van der Waals surface area (Å²) in [6.45, 7) is 0.203. The molecule has 2 aliphatic heterocycles. The van der Waals surface area contributed by atoms with E-state index in [1.807, 2.05) is 6.07 Å². The van der Waals surface area contributed by atoms with Gasteiger partial charge in [-0.05, 0) is 68.9 Å². The van der Waals surface area contributed by atoms with Gasteiger partial charge in [-0.15, -0.1) is 13.2 Å². The molecule has 3 heterocycles. The van der Waals surface area contributed by atoms with Crippen LogP contribution in [0.25, 0.3) is 11.3 Å². The van der Waals surface area contributed by atoms with E-state index in [2.05, 4.69) is 14.8 Å². The Morgan fingerprint density at radius 3 is 2.41 bits per heavy atom. The second-order valence-corrected chi connectivity index (χ2v) is 9.87. The Hall–Kier alpha value is -2.07. The Kier molecular flexibility index (Phi) is 7.60. The van der Waals surface area contributed by atoms with Crippen LogP contribution in [0.1, 0.15) is 57.2 Å². The average Bonchev–Trinajstić information content (AvgIpc) is 3.53. The van der Waals surface area contributed by atoms with E-state index in [0.717, 1.165) is 44.2 Å². The summed E-state index contributed by atoms with van der Waals surface area (Å²) in [7, 11) is 0. The first-order chi connectivity index (χ1) is 17.4. The molecule has 5 nitrogen and oxygen atoms in total. The molecule has 2 bridgehead atoms. The number of benzene rings is 2. The fourth-order valence-corrected chi connectivity index (χ4v) is 5.74. The number of aromatic nitrogens is 1. The maximum atomic E-state index is 13.8. The molecular formula is C27H27F4N2NaO3. The number of halogens is 4. The molecule has 1 aliphatic carbocycles. The Morgan fingerprint density at radius 2 is 1.73 bits per heavy atom. The number of fused-ring (bicyclic) bond motifs is 2. The Morgan fingerprint density at radius 1 is 1.00 bits per heavy atom. The number of para-hydroxylation sites is 1. The molecule has 0 amide bonds. The van der Waals surface area contributed by atoms with Gasteiger partial charge in [0.25, 0.3) is 0 Å². The molecule has 0 N–H and O–H groups in total. The van der Waals surface area contributed by atoms with Crippen molar-refractivity contribution in [2.75, 3.05) is 4.90 Å². The van der Waals surface area contributed by atoms with Gasteiger partial charge >= 0.3 is 35.9 Å². The van der Waals surface area contributed by atoms with E-state index in [1.54, 1.807) is 24.3 Å². The largest absolute Gasteiger partial charge is 1.00 e. The number of piperidine rings is 1. The van der Waals surface area contributed by atoms with Crippen molar-refractivity contribution in [1.29, 1.82) is 0 Å². The summed E-state index contributed by atoms with van der Waals surface area (Å²) in [5.41, 5.74) is 2.15. The van der Waals surface area contributed by atoms with Crippen LogP contribution in [0.5, 0.6) is 5.75 Å². The maximum Gasteiger partial charge on any atom is 1.00 e. The first kappa shape index (κ1) is 26.5. The third-order valence-corrected chi connectivity index (χ3v) is 7.39. The van der Waals surface area contributed by atoms with E-state index in [4.69, 9.17) is 9.26 Å². The summed E-state index contributed by atoms with van der Waals surface area (Å²) in [6, 6.07) is 13.2. The van der Waals surface area contributed by atoms with E-state index < -0.39 is 6.36 Å². The number of hydrogen-bond donors (Lipinski definition) is 0. The van der Waals surface area contributed by atoms with Gasteiger partial charge in [0, 0.05) is 34.8 Å². The molecular weight excluding hydrogens is 499 g/mol. The van der Waals surface area contributed by atoms with Crippen LogP contribution in [0.15, 0.2) is 53.1 Å². The molecule has 3 aromatic rings. The van der Waals surface area contributed by atoms with Crippen molar-refractivity contribution in [3.8, 4) is 17.0 Å². The number of hydrogen-bond acceptors (Lipinski definition) is 5. The van der Waals surface area contributed by atoms with Crippen LogP contribution in [0.2, 0.25) is 0 Å². The second-order valence-electron chi connectivity index (χ2n) is 9.87. The second kappa shape index (κ2) is 10.6. The molecule has 6 rings (SSSR count). The SMILES string of the molecule is Fc1cccc(N2C3CCC2CC(OCc2c(-c4ccccc4OC(F)(F)F)noc2C2CC2)C3)c1.[H-].[Na+]. The molecule has 2 aromatic carbocycles. The average molecular weight is 527 g/mol. The van der Waals surface area contributed by atoms with Crippen molar-refractivity contribution in [2.24, 2.45) is 0 Å². The molecule has 192 valence electrons. The molecule has 2 unspecified atom stereocenters. The minimum atomic E-state index is -4.81. The number of ether oxygens (including phenoxy) is 2. The van der Waals surface area contributed by atoms with Crippen molar-refractivity contribution in [3.05, 3.63) is 65.7 Å². The standard InChI is InChI=1S/C27H26F4N2O3.Na.H/c28-17-4-3-5-18(12-17)33-19-10-11-20(33)14-21(13-19)34-15-23-25(32-36-26(23)16-8-9-16)22-6-1-2-7-24(22)35-27(29,30)31;;/h1-7,12,16,19-21H,8-11,13-15H2;;/q;+1;-1. The summed E-state index contributed by atoms with van der Waals surface area (Å²) in [5.74, 6) is 0.342. The Bertz CT molecular complexity index is 1240. The van der Waals surface area contributed by atoms with Gasteiger partial charge in [-0.3, -0.25) is 0 Å². The van der Waals surface area contributed by atoms with Gasteiger partial charge in [0.1, 0.15) is 23.0 Å². The van der Waals surface area contributed by atoms with Gasteiger partial charge in [-0.25, -0.2) is 4.39 Å². The van der Waals surface area contributed by atoms with Crippen LogP contribution in [0, 0.1) is 5.82 Å². The summed E-state index contributed by atoms with van der Waals surface area (Å²) in [6.07, 6.45) is 0.746. The topological polar surface area (TPSA) is 47.7 Å². The van der Waals surface area contributed by atoms with Crippen LogP contribution < -0.4 is 39.2 Å². The van der Waals surface area contributed by atoms with E-state index in [9.17, 15) is 17.6 Å². The molecule has 2 atom stereocenters. The number of rotatable bonds is 7. The summed E-state index contributed by atoms with van der Waals surface area (Å²) in [5, 5.41) is 4.16. The fourth-order valence-electron chi connectivity index (χ4n) is 5.74. The zero-order chi connectivity index (χ0) is 24.9. The third kappa shape index (κ3) is 5.70. The smallest absolute Gasteiger partial charge is 1.00 e. The molecule has 1 aromatic heterocycles. The minimum absolute atomic E-state index is 0. The minimum Gasteiger partial charge on any atom is -1.00 e.